The number of halogens is 2. The maximum atomic E-state index is 13.1. The van der Waals surface area contributed by atoms with Crippen molar-refractivity contribution in [2.24, 2.45) is 0 Å². The Morgan fingerprint density at radius 2 is 1.71 bits per heavy atom. The van der Waals surface area contributed by atoms with Crippen molar-refractivity contribution >= 4 is 34.8 Å². The number of amides is 1. The second kappa shape index (κ2) is 8.04. The van der Waals surface area contributed by atoms with E-state index in [0.29, 0.717) is 17.4 Å². The summed E-state index contributed by atoms with van der Waals surface area (Å²) in [5.74, 6) is 0.553. The zero-order valence-corrected chi connectivity index (χ0v) is 15.1. The van der Waals surface area contributed by atoms with Gasteiger partial charge in [-0.15, -0.1) is 11.6 Å². The number of hydrogen-bond acceptors (Lipinski definition) is 1. The third kappa shape index (κ3) is 3.93. The van der Waals surface area contributed by atoms with Crippen molar-refractivity contribution in [2.45, 2.75) is 32.1 Å². The number of benzene rings is 2. The van der Waals surface area contributed by atoms with Crippen LogP contribution in [0.3, 0.4) is 0 Å². The van der Waals surface area contributed by atoms with Gasteiger partial charge in [0, 0.05) is 28.7 Å². The Balaban J connectivity index is 1.89. The molecule has 0 bridgehead atoms. The summed E-state index contributed by atoms with van der Waals surface area (Å²) in [4.78, 5) is 14.9. The molecule has 2 nitrogen and oxygen atoms in total. The van der Waals surface area contributed by atoms with E-state index < -0.39 is 0 Å². The first-order valence-corrected chi connectivity index (χ1v) is 9.35. The van der Waals surface area contributed by atoms with Gasteiger partial charge >= 0.3 is 0 Å². The van der Waals surface area contributed by atoms with E-state index in [1.54, 1.807) is 4.90 Å². The third-order valence-electron chi connectivity index (χ3n) is 4.49. The molecule has 0 aromatic heterocycles. The standard InChI is InChI=1S/C20H21Cl2NO/c21-12-3-13-23(19-10-8-18(22)9-11-19)20(24)17-7-6-15-4-1-2-5-16(15)14-17/h6-11,14H,1-5,12-13H2. The van der Waals surface area contributed by atoms with Crippen molar-refractivity contribution in [3.63, 3.8) is 0 Å². The average molecular weight is 362 g/mol. The minimum Gasteiger partial charge on any atom is -0.308 e. The van der Waals surface area contributed by atoms with Gasteiger partial charge in [0.1, 0.15) is 0 Å². The van der Waals surface area contributed by atoms with E-state index in [1.807, 2.05) is 30.3 Å². The van der Waals surface area contributed by atoms with Crippen LogP contribution in [0, 0.1) is 0 Å². The summed E-state index contributed by atoms with van der Waals surface area (Å²) < 4.78 is 0. The quantitative estimate of drug-likeness (QED) is 0.644. The summed E-state index contributed by atoms with van der Waals surface area (Å²) in [6.07, 6.45) is 5.39. The van der Waals surface area contributed by atoms with Crippen LogP contribution in [0.5, 0.6) is 0 Å². The molecule has 2 aromatic rings. The van der Waals surface area contributed by atoms with Crippen molar-refractivity contribution in [3.05, 3.63) is 64.2 Å². The van der Waals surface area contributed by atoms with E-state index >= 15 is 0 Å². The number of rotatable bonds is 5. The van der Waals surface area contributed by atoms with Gasteiger partial charge in [-0.25, -0.2) is 0 Å². The van der Waals surface area contributed by atoms with E-state index in [4.69, 9.17) is 23.2 Å². The Hall–Kier alpha value is -1.51. The van der Waals surface area contributed by atoms with Gasteiger partial charge in [0.15, 0.2) is 0 Å². The second-order valence-corrected chi connectivity index (χ2v) is 6.98. The molecule has 0 fully saturated rings. The number of hydrogen-bond donors (Lipinski definition) is 0. The van der Waals surface area contributed by atoms with E-state index in [0.717, 1.165) is 30.5 Å². The van der Waals surface area contributed by atoms with Gasteiger partial charge in [-0.05, 0) is 79.6 Å². The molecular weight excluding hydrogens is 341 g/mol. The summed E-state index contributed by atoms with van der Waals surface area (Å²) in [5.41, 5.74) is 4.31. The molecule has 1 aliphatic carbocycles. The monoisotopic (exact) mass is 361 g/mol. The van der Waals surface area contributed by atoms with Gasteiger partial charge < -0.3 is 4.90 Å². The zero-order chi connectivity index (χ0) is 16.9. The predicted octanol–water partition coefficient (Wildman–Crippen LogP) is 5.49. The summed E-state index contributed by atoms with van der Waals surface area (Å²) in [6, 6.07) is 13.5. The van der Waals surface area contributed by atoms with Crippen molar-refractivity contribution < 1.29 is 4.79 Å². The lowest BCUT2D eigenvalue weighted by Gasteiger charge is -2.24. The van der Waals surface area contributed by atoms with Gasteiger partial charge in [-0.3, -0.25) is 4.79 Å². The average Bonchev–Trinajstić information content (AvgIpc) is 2.63. The molecule has 0 saturated carbocycles. The number of anilines is 1. The van der Waals surface area contributed by atoms with Crippen LogP contribution in [-0.4, -0.2) is 18.3 Å². The Labute approximate surface area is 153 Å². The normalized spacial score (nSPS) is 13.4. The summed E-state index contributed by atoms with van der Waals surface area (Å²) in [5, 5.41) is 0.664. The van der Waals surface area contributed by atoms with Crippen LogP contribution >= 0.6 is 23.2 Å². The van der Waals surface area contributed by atoms with Gasteiger partial charge in [0.2, 0.25) is 0 Å². The summed E-state index contributed by atoms with van der Waals surface area (Å²) in [6.45, 7) is 0.598. The summed E-state index contributed by atoms with van der Waals surface area (Å²) in [7, 11) is 0. The first-order valence-electron chi connectivity index (χ1n) is 8.44. The minimum atomic E-state index is 0.0239. The molecule has 1 amide bonds. The number of fused-ring (bicyclic) bond motifs is 1. The third-order valence-corrected chi connectivity index (χ3v) is 5.01. The number of nitrogens with zero attached hydrogens (tertiary/aromatic N) is 1. The Morgan fingerprint density at radius 3 is 2.42 bits per heavy atom. The summed E-state index contributed by atoms with van der Waals surface area (Å²) >= 11 is 11.8. The van der Waals surface area contributed by atoms with Gasteiger partial charge in [-0.1, -0.05) is 17.7 Å². The largest absolute Gasteiger partial charge is 0.308 e. The number of aryl methyl sites for hydroxylation is 2. The highest BCUT2D eigenvalue weighted by molar-refractivity contribution is 6.30. The van der Waals surface area contributed by atoms with Crippen LogP contribution in [0.25, 0.3) is 0 Å². The van der Waals surface area contributed by atoms with Crippen LogP contribution in [0.1, 0.15) is 40.7 Å². The molecule has 0 radical (unpaired) electrons. The highest BCUT2D eigenvalue weighted by Crippen LogP contribution is 2.25. The lowest BCUT2D eigenvalue weighted by atomic mass is 9.90. The van der Waals surface area contributed by atoms with Crippen LogP contribution in [0.2, 0.25) is 5.02 Å². The molecule has 0 aliphatic heterocycles. The lowest BCUT2D eigenvalue weighted by molar-refractivity contribution is 0.0987. The van der Waals surface area contributed by atoms with Gasteiger partial charge in [0.05, 0.1) is 0 Å². The van der Waals surface area contributed by atoms with Crippen LogP contribution < -0.4 is 4.90 Å². The molecule has 24 heavy (non-hydrogen) atoms. The van der Waals surface area contributed by atoms with Crippen LogP contribution in [0.15, 0.2) is 42.5 Å². The number of carbonyl (C=O) groups excluding carboxylic acids is 1. The van der Waals surface area contributed by atoms with Crippen LogP contribution in [-0.2, 0) is 12.8 Å². The first kappa shape index (κ1) is 17.3. The molecular formula is C20H21Cl2NO. The molecule has 2 aromatic carbocycles. The molecule has 0 heterocycles. The zero-order valence-electron chi connectivity index (χ0n) is 13.6. The highest BCUT2D eigenvalue weighted by atomic mass is 35.5. The Bertz CT molecular complexity index is 712. The highest BCUT2D eigenvalue weighted by Gasteiger charge is 2.19. The fourth-order valence-corrected chi connectivity index (χ4v) is 3.45. The molecule has 0 saturated heterocycles. The Kier molecular flexibility index (Phi) is 5.80. The first-order chi connectivity index (χ1) is 11.7. The fourth-order valence-electron chi connectivity index (χ4n) is 3.21. The van der Waals surface area contributed by atoms with Crippen molar-refractivity contribution in [3.8, 4) is 0 Å². The van der Waals surface area contributed by atoms with E-state index in [2.05, 4.69) is 12.1 Å². The predicted molar refractivity (Wildman–Crippen MR) is 102 cm³/mol. The topological polar surface area (TPSA) is 20.3 Å². The number of carbonyl (C=O) groups is 1. The number of alkyl halides is 1. The maximum Gasteiger partial charge on any atom is 0.258 e. The van der Waals surface area contributed by atoms with E-state index in [-0.39, 0.29) is 5.91 Å². The lowest BCUT2D eigenvalue weighted by Crippen LogP contribution is -2.32. The molecule has 126 valence electrons. The second-order valence-electron chi connectivity index (χ2n) is 6.17. The molecule has 0 spiro atoms. The molecule has 0 N–H and O–H groups in total. The molecule has 4 heteroatoms. The van der Waals surface area contributed by atoms with Crippen molar-refractivity contribution in [2.75, 3.05) is 17.3 Å². The smallest absolute Gasteiger partial charge is 0.258 e. The van der Waals surface area contributed by atoms with E-state index in [9.17, 15) is 4.79 Å². The fraction of sp³-hybridized carbons (Fsp3) is 0.350. The SMILES string of the molecule is O=C(c1ccc2c(c1)CCCC2)N(CCCCl)c1ccc(Cl)cc1. The van der Waals surface area contributed by atoms with Gasteiger partial charge in [-0.2, -0.15) is 0 Å². The molecule has 0 unspecified atom stereocenters. The van der Waals surface area contributed by atoms with Crippen molar-refractivity contribution in [1.82, 2.24) is 0 Å². The van der Waals surface area contributed by atoms with E-state index in [1.165, 1.54) is 24.0 Å². The molecule has 1 aliphatic rings. The van der Waals surface area contributed by atoms with Crippen molar-refractivity contribution in [1.29, 1.82) is 0 Å². The Morgan fingerprint density at radius 1 is 1.00 bits per heavy atom. The molecule has 3 rings (SSSR count). The van der Waals surface area contributed by atoms with Gasteiger partial charge in [0.25, 0.3) is 5.91 Å². The van der Waals surface area contributed by atoms with Crippen LogP contribution in [0.4, 0.5) is 5.69 Å². The maximum absolute atomic E-state index is 13.1. The molecule has 0 atom stereocenters. The minimum absolute atomic E-state index is 0.0239.